The van der Waals surface area contributed by atoms with Crippen LogP contribution in [-0.4, -0.2) is 22.1 Å². The molecular formula is C16H21N3O3. The monoisotopic (exact) mass is 303 g/mol. The first-order chi connectivity index (χ1) is 10.7. The second-order valence-electron chi connectivity index (χ2n) is 5.79. The Balaban J connectivity index is 1.50. The van der Waals surface area contributed by atoms with Gasteiger partial charge in [0.25, 0.3) is 5.89 Å². The molecule has 0 unspecified atom stereocenters. The molecule has 1 amide bonds. The number of carbonyl (C=O) groups excluding carboxylic acids is 1. The summed E-state index contributed by atoms with van der Waals surface area (Å²) in [6.45, 7) is 1.84. The molecule has 2 aromatic rings. The highest BCUT2D eigenvalue weighted by Crippen LogP contribution is 2.23. The number of rotatable bonds is 5. The summed E-state index contributed by atoms with van der Waals surface area (Å²) in [5, 5.41) is 11.1. The second-order valence-corrected chi connectivity index (χ2v) is 5.79. The fraction of sp³-hybridized carbons (Fsp3) is 0.562. The van der Waals surface area contributed by atoms with Gasteiger partial charge in [-0.1, -0.05) is 19.3 Å². The van der Waals surface area contributed by atoms with Crippen LogP contribution in [0.15, 0.2) is 21.2 Å². The quantitative estimate of drug-likeness (QED) is 0.918. The lowest BCUT2D eigenvalue weighted by Gasteiger charge is -2.22. The van der Waals surface area contributed by atoms with Gasteiger partial charge in [-0.3, -0.25) is 4.79 Å². The van der Waals surface area contributed by atoms with Gasteiger partial charge in [-0.05, 0) is 25.8 Å². The number of amides is 1. The highest BCUT2D eigenvalue weighted by molar-refractivity contribution is 5.76. The third-order valence-electron chi connectivity index (χ3n) is 4.09. The summed E-state index contributed by atoms with van der Waals surface area (Å²) < 4.78 is 10.8. The SMILES string of the molecule is Cc1occc1-c1nnc(CCC(=O)NC2CCCCC2)o1. The average molecular weight is 303 g/mol. The molecular weight excluding hydrogens is 282 g/mol. The largest absolute Gasteiger partial charge is 0.469 e. The molecule has 0 radical (unpaired) electrons. The predicted octanol–water partition coefficient (Wildman–Crippen LogP) is 3.02. The van der Waals surface area contributed by atoms with Crippen LogP contribution < -0.4 is 5.32 Å². The minimum atomic E-state index is 0.0612. The summed E-state index contributed by atoms with van der Waals surface area (Å²) in [4.78, 5) is 12.0. The van der Waals surface area contributed by atoms with E-state index >= 15 is 0 Å². The predicted molar refractivity (Wildman–Crippen MR) is 80.1 cm³/mol. The van der Waals surface area contributed by atoms with E-state index in [-0.39, 0.29) is 5.91 Å². The van der Waals surface area contributed by atoms with E-state index in [4.69, 9.17) is 8.83 Å². The molecule has 6 heteroatoms. The number of hydrogen-bond acceptors (Lipinski definition) is 5. The molecule has 0 aromatic carbocycles. The van der Waals surface area contributed by atoms with Crippen molar-refractivity contribution in [1.29, 1.82) is 0 Å². The van der Waals surface area contributed by atoms with E-state index < -0.39 is 0 Å². The number of carbonyl (C=O) groups is 1. The van der Waals surface area contributed by atoms with Crippen LogP contribution in [0.3, 0.4) is 0 Å². The highest BCUT2D eigenvalue weighted by atomic mass is 16.4. The van der Waals surface area contributed by atoms with Crippen LogP contribution in [0.2, 0.25) is 0 Å². The Hall–Kier alpha value is -2.11. The highest BCUT2D eigenvalue weighted by Gasteiger charge is 2.17. The standard InChI is InChI=1S/C16H21N3O3/c1-11-13(9-10-21-11)16-19-18-15(22-16)8-7-14(20)17-12-5-3-2-4-6-12/h9-10,12H,2-8H2,1H3,(H,17,20). The summed E-state index contributed by atoms with van der Waals surface area (Å²) in [7, 11) is 0. The Kier molecular flexibility index (Phi) is 4.56. The molecule has 22 heavy (non-hydrogen) atoms. The van der Waals surface area contributed by atoms with Gasteiger partial charge in [-0.25, -0.2) is 0 Å². The summed E-state index contributed by atoms with van der Waals surface area (Å²) >= 11 is 0. The van der Waals surface area contributed by atoms with Crippen molar-refractivity contribution in [3.8, 4) is 11.5 Å². The molecule has 0 saturated heterocycles. The number of nitrogens with zero attached hydrogens (tertiary/aromatic N) is 2. The maximum Gasteiger partial charge on any atom is 0.251 e. The molecule has 1 aliphatic rings. The van der Waals surface area contributed by atoms with Crippen LogP contribution in [0.25, 0.3) is 11.5 Å². The fourth-order valence-corrected chi connectivity index (χ4v) is 2.84. The zero-order valence-corrected chi connectivity index (χ0v) is 12.8. The molecule has 0 atom stereocenters. The topological polar surface area (TPSA) is 81.2 Å². The first-order valence-electron chi connectivity index (χ1n) is 7.88. The Labute approximate surface area is 129 Å². The summed E-state index contributed by atoms with van der Waals surface area (Å²) in [5.74, 6) is 1.72. The molecule has 2 heterocycles. The Bertz CT molecular complexity index is 626. The van der Waals surface area contributed by atoms with Gasteiger partial charge in [0, 0.05) is 18.9 Å². The molecule has 0 spiro atoms. The van der Waals surface area contributed by atoms with Crippen LogP contribution in [0, 0.1) is 6.92 Å². The molecule has 1 fully saturated rings. The number of nitrogens with one attached hydrogen (secondary N) is 1. The van der Waals surface area contributed by atoms with E-state index in [1.165, 1.54) is 19.3 Å². The van der Waals surface area contributed by atoms with Crippen molar-refractivity contribution in [1.82, 2.24) is 15.5 Å². The van der Waals surface area contributed by atoms with Crippen molar-refractivity contribution in [2.24, 2.45) is 0 Å². The number of furan rings is 1. The lowest BCUT2D eigenvalue weighted by molar-refractivity contribution is -0.122. The lowest BCUT2D eigenvalue weighted by atomic mass is 9.95. The molecule has 0 bridgehead atoms. The van der Waals surface area contributed by atoms with Gasteiger partial charge in [0.15, 0.2) is 0 Å². The minimum Gasteiger partial charge on any atom is -0.469 e. The van der Waals surface area contributed by atoms with Gasteiger partial charge in [0.05, 0.1) is 11.8 Å². The van der Waals surface area contributed by atoms with Gasteiger partial charge in [-0.15, -0.1) is 10.2 Å². The molecule has 118 valence electrons. The van der Waals surface area contributed by atoms with Crippen LogP contribution in [0.4, 0.5) is 0 Å². The summed E-state index contributed by atoms with van der Waals surface area (Å²) in [5.41, 5.74) is 0.797. The molecule has 1 saturated carbocycles. The minimum absolute atomic E-state index is 0.0612. The number of hydrogen-bond donors (Lipinski definition) is 1. The van der Waals surface area contributed by atoms with Gasteiger partial charge in [0.2, 0.25) is 11.8 Å². The van der Waals surface area contributed by atoms with Gasteiger partial charge >= 0.3 is 0 Å². The fourth-order valence-electron chi connectivity index (χ4n) is 2.84. The number of aromatic nitrogens is 2. The Morgan fingerprint density at radius 3 is 2.86 bits per heavy atom. The van der Waals surface area contributed by atoms with E-state index in [0.29, 0.717) is 30.7 Å². The third-order valence-corrected chi connectivity index (χ3v) is 4.09. The Morgan fingerprint density at radius 1 is 1.32 bits per heavy atom. The first kappa shape index (κ1) is 14.8. The van der Waals surface area contributed by atoms with E-state index in [1.54, 1.807) is 12.3 Å². The van der Waals surface area contributed by atoms with Crippen molar-refractivity contribution in [2.75, 3.05) is 0 Å². The molecule has 6 nitrogen and oxygen atoms in total. The summed E-state index contributed by atoms with van der Waals surface area (Å²) in [6.07, 6.45) is 8.32. The first-order valence-corrected chi connectivity index (χ1v) is 7.88. The smallest absolute Gasteiger partial charge is 0.251 e. The van der Waals surface area contributed by atoms with Gasteiger partial charge < -0.3 is 14.2 Å². The lowest BCUT2D eigenvalue weighted by Crippen LogP contribution is -2.36. The summed E-state index contributed by atoms with van der Waals surface area (Å²) in [6, 6.07) is 2.13. The second kappa shape index (κ2) is 6.77. The van der Waals surface area contributed by atoms with Crippen LogP contribution in [0.5, 0.6) is 0 Å². The van der Waals surface area contributed by atoms with E-state index in [2.05, 4.69) is 15.5 Å². The van der Waals surface area contributed by atoms with Crippen molar-refractivity contribution in [2.45, 2.75) is 57.9 Å². The molecule has 3 rings (SSSR count). The van der Waals surface area contributed by atoms with Crippen molar-refractivity contribution < 1.29 is 13.6 Å². The van der Waals surface area contributed by atoms with E-state index in [9.17, 15) is 4.79 Å². The van der Waals surface area contributed by atoms with Crippen molar-refractivity contribution in [3.63, 3.8) is 0 Å². The maximum absolute atomic E-state index is 12.0. The average Bonchev–Trinajstić information content (AvgIpc) is 3.14. The molecule has 2 aromatic heterocycles. The maximum atomic E-state index is 12.0. The van der Waals surface area contributed by atoms with E-state index in [1.807, 2.05) is 6.92 Å². The zero-order chi connectivity index (χ0) is 15.4. The van der Waals surface area contributed by atoms with Crippen molar-refractivity contribution >= 4 is 5.91 Å². The third kappa shape index (κ3) is 3.55. The zero-order valence-electron chi connectivity index (χ0n) is 12.8. The van der Waals surface area contributed by atoms with Crippen LogP contribution in [0.1, 0.15) is 50.2 Å². The molecule has 1 aliphatic carbocycles. The van der Waals surface area contributed by atoms with Crippen LogP contribution in [-0.2, 0) is 11.2 Å². The molecule has 1 N–H and O–H groups in total. The van der Waals surface area contributed by atoms with Crippen LogP contribution >= 0.6 is 0 Å². The Morgan fingerprint density at radius 2 is 2.14 bits per heavy atom. The van der Waals surface area contributed by atoms with Crippen molar-refractivity contribution in [3.05, 3.63) is 24.0 Å². The molecule has 0 aliphatic heterocycles. The van der Waals surface area contributed by atoms with E-state index in [0.717, 1.165) is 24.2 Å². The van der Waals surface area contributed by atoms with Gasteiger partial charge in [-0.2, -0.15) is 0 Å². The number of aryl methyl sites for hydroxylation is 2. The van der Waals surface area contributed by atoms with Gasteiger partial charge in [0.1, 0.15) is 5.76 Å². The normalized spacial score (nSPS) is 15.9.